The molecule has 0 radical (unpaired) electrons. The molecule has 1 unspecified atom stereocenters. The molecule has 0 aromatic carbocycles. The predicted molar refractivity (Wildman–Crippen MR) is 77.3 cm³/mol. The van der Waals surface area contributed by atoms with E-state index in [1.54, 1.807) is 6.07 Å². The highest BCUT2D eigenvalue weighted by molar-refractivity contribution is 7.91. The number of thiophene rings is 1. The highest BCUT2D eigenvalue weighted by Crippen LogP contribution is 2.23. The molecule has 20 heavy (non-hydrogen) atoms. The summed E-state index contributed by atoms with van der Waals surface area (Å²) in [5.41, 5.74) is 0. The highest BCUT2D eigenvalue weighted by Gasteiger charge is 2.19. The lowest BCUT2D eigenvalue weighted by atomic mass is 9.95. The van der Waals surface area contributed by atoms with E-state index < -0.39 is 16.0 Å². The van der Waals surface area contributed by atoms with Crippen molar-refractivity contribution in [2.45, 2.75) is 29.9 Å². The number of aliphatic carboxylic acids is 1. The predicted octanol–water partition coefficient (Wildman–Crippen LogP) is 2.01. The van der Waals surface area contributed by atoms with Crippen LogP contribution in [0.15, 0.2) is 28.5 Å². The van der Waals surface area contributed by atoms with Crippen molar-refractivity contribution < 1.29 is 18.3 Å². The van der Waals surface area contributed by atoms with Gasteiger partial charge in [0, 0.05) is 11.4 Å². The molecule has 0 saturated carbocycles. The molecule has 2 rings (SSSR count). The Morgan fingerprint density at radius 1 is 1.40 bits per heavy atom. The lowest BCUT2D eigenvalue weighted by molar-refractivity contribution is -0.136. The summed E-state index contributed by atoms with van der Waals surface area (Å²) in [6.07, 6.45) is 6.94. The van der Waals surface area contributed by atoms with Gasteiger partial charge in [0.1, 0.15) is 4.21 Å². The van der Waals surface area contributed by atoms with Crippen molar-refractivity contribution in [3.8, 4) is 0 Å². The van der Waals surface area contributed by atoms with Gasteiger partial charge in [-0.2, -0.15) is 0 Å². The van der Waals surface area contributed by atoms with Crippen LogP contribution >= 0.6 is 11.3 Å². The number of nitrogens with one attached hydrogen (secondary N) is 1. The number of carboxylic acids is 1. The number of hydrogen-bond acceptors (Lipinski definition) is 4. The van der Waals surface area contributed by atoms with Gasteiger partial charge in [-0.05, 0) is 37.3 Å². The van der Waals surface area contributed by atoms with Crippen molar-refractivity contribution in [2.24, 2.45) is 5.92 Å². The van der Waals surface area contributed by atoms with E-state index in [0.717, 1.165) is 30.6 Å². The van der Waals surface area contributed by atoms with Crippen molar-refractivity contribution in [1.29, 1.82) is 0 Å². The first-order chi connectivity index (χ1) is 9.47. The van der Waals surface area contributed by atoms with E-state index in [1.807, 2.05) is 0 Å². The summed E-state index contributed by atoms with van der Waals surface area (Å²) in [5.74, 6) is -0.619. The number of rotatable bonds is 6. The summed E-state index contributed by atoms with van der Waals surface area (Å²) in [5, 5.41) is 8.69. The van der Waals surface area contributed by atoms with E-state index in [1.165, 1.54) is 6.07 Å². The molecular weight excluding hydrogens is 298 g/mol. The van der Waals surface area contributed by atoms with E-state index in [-0.39, 0.29) is 10.6 Å². The zero-order valence-corrected chi connectivity index (χ0v) is 12.5. The van der Waals surface area contributed by atoms with Crippen LogP contribution in [-0.4, -0.2) is 26.0 Å². The normalized spacial score (nSPS) is 19.1. The maximum atomic E-state index is 12.1. The number of carbonyl (C=O) groups is 1. The summed E-state index contributed by atoms with van der Waals surface area (Å²) in [7, 11) is -3.52. The van der Waals surface area contributed by atoms with Crippen LogP contribution in [0.3, 0.4) is 0 Å². The second-order valence-electron chi connectivity index (χ2n) is 4.79. The SMILES string of the molecule is O=C(O)Cc1ccc(S(=O)(=O)NCC2CC=CCC2)s1. The van der Waals surface area contributed by atoms with Crippen LogP contribution in [0.25, 0.3) is 0 Å². The lowest BCUT2D eigenvalue weighted by Gasteiger charge is -2.17. The van der Waals surface area contributed by atoms with Gasteiger partial charge in [-0.25, -0.2) is 13.1 Å². The van der Waals surface area contributed by atoms with Gasteiger partial charge in [-0.1, -0.05) is 12.2 Å². The molecule has 0 bridgehead atoms. The van der Waals surface area contributed by atoms with Gasteiger partial charge in [0.15, 0.2) is 0 Å². The standard InChI is InChI=1S/C13H17NO4S2/c15-12(16)8-11-6-7-13(19-11)20(17,18)14-9-10-4-2-1-3-5-10/h1-2,6-7,10,14H,3-5,8-9H2,(H,15,16). The van der Waals surface area contributed by atoms with Crippen LogP contribution in [-0.2, 0) is 21.2 Å². The van der Waals surface area contributed by atoms with Gasteiger partial charge in [-0.15, -0.1) is 11.3 Å². The molecule has 1 aromatic heterocycles. The molecule has 1 aliphatic carbocycles. The Bertz CT molecular complexity index is 604. The molecule has 0 fully saturated rings. The Labute approximate surface area is 122 Å². The number of hydrogen-bond donors (Lipinski definition) is 2. The molecule has 5 nitrogen and oxygen atoms in total. The molecule has 0 spiro atoms. The second kappa shape index (κ2) is 6.51. The molecular formula is C13H17NO4S2. The molecule has 7 heteroatoms. The third-order valence-corrected chi connectivity index (χ3v) is 6.17. The fourth-order valence-electron chi connectivity index (χ4n) is 2.09. The molecule has 1 aromatic rings. The van der Waals surface area contributed by atoms with Crippen LogP contribution in [0.5, 0.6) is 0 Å². The Morgan fingerprint density at radius 3 is 2.85 bits per heavy atom. The van der Waals surface area contributed by atoms with E-state index in [2.05, 4.69) is 16.9 Å². The van der Waals surface area contributed by atoms with Crippen molar-refractivity contribution in [1.82, 2.24) is 4.72 Å². The van der Waals surface area contributed by atoms with E-state index in [4.69, 9.17) is 5.11 Å². The molecule has 1 heterocycles. The average molecular weight is 315 g/mol. The molecule has 0 amide bonds. The third-order valence-electron chi connectivity index (χ3n) is 3.17. The first-order valence-electron chi connectivity index (χ1n) is 6.42. The van der Waals surface area contributed by atoms with Gasteiger partial charge in [0.25, 0.3) is 0 Å². The Hall–Kier alpha value is -1.18. The van der Waals surface area contributed by atoms with Gasteiger partial charge < -0.3 is 5.11 Å². The Kier molecular flexibility index (Phi) is 4.95. The maximum Gasteiger partial charge on any atom is 0.308 e. The van der Waals surface area contributed by atoms with E-state index in [0.29, 0.717) is 17.3 Å². The molecule has 1 atom stereocenters. The first kappa shape index (κ1) is 15.2. The minimum Gasteiger partial charge on any atom is -0.481 e. The summed E-state index contributed by atoms with van der Waals surface area (Å²) >= 11 is 1.01. The topological polar surface area (TPSA) is 83.5 Å². The minimum atomic E-state index is -3.52. The first-order valence-corrected chi connectivity index (χ1v) is 8.72. The van der Waals surface area contributed by atoms with Crippen LogP contribution < -0.4 is 4.72 Å². The fraction of sp³-hybridized carbons (Fsp3) is 0.462. The summed E-state index contributed by atoms with van der Waals surface area (Å²) < 4.78 is 27.0. The number of sulfonamides is 1. The largest absolute Gasteiger partial charge is 0.481 e. The lowest BCUT2D eigenvalue weighted by Crippen LogP contribution is -2.29. The van der Waals surface area contributed by atoms with E-state index in [9.17, 15) is 13.2 Å². The number of carboxylic acid groups (broad SMARTS) is 1. The van der Waals surface area contributed by atoms with E-state index >= 15 is 0 Å². The Morgan fingerprint density at radius 2 is 2.20 bits per heavy atom. The fourth-order valence-corrected chi connectivity index (χ4v) is 4.59. The summed E-state index contributed by atoms with van der Waals surface area (Å²) in [6.45, 7) is 0.429. The highest BCUT2D eigenvalue weighted by atomic mass is 32.2. The zero-order valence-electron chi connectivity index (χ0n) is 10.9. The van der Waals surface area contributed by atoms with Crippen molar-refractivity contribution in [2.75, 3.05) is 6.54 Å². The molecule has 0 saturated heterocycles. The Balaban J connectivity index is 1.97. The average Bonchev–Trinajstić information content (AvgIpc) is 2.86. The van der Waals surface area contributed by atoms with Crippen molar-refractivity contribution >= 4 is 27.3 Å². The van der Waals surface area contributed by atoms with Gasteiger partial charge in [0.05, 0.1) is 6.42 Å². The smallest absolute Gasteiger partial charge is 0.308 e. The minimum absolute atomic E-state index is 0.145. The molecule has 110 valence electrons. The molecule has 1 aliphatic rings. The van der Waals surface area contributed by atoms with Crippen LogP contribution in [0.1, 0.15) is 24.1 Å². The second-order valence-corrected chi connectivity index (χ2v) is 7.96. The monoisotopic (exact) mass is 315 g/mol. The quantitative estimate of drug-likeness (QED) is 0.787. The van der Waals surface area contributed by atoms with Gasteiger partial charge in [-0.3, -0.25) is 4.79 Å². The van der Waals surface area contributed by atoms with Crippen LogP contribution in [0.4, 0.5) is 0 Å². The van der Waals surface area contributed by atoms with Crippen molar-refractivity contribution in [3.05, 3.63) is 29.2 Å². The van der Waals surface area contributed by atoms with Crippen LogP contribution in [0.2, 0.25) is 0 Å². The van der Waals surface area contributed by atoms with Crippen molar-refractivity contribution in [3.63, 3.8) is 0 Å². The maximum absolute atomic E-state index is 12.1. The third kappa shape index (κ3) is 4.16. The summed E-state index contributed by atoms with van der Waals surface area (Å²) in [4.78, 5) is 11.1. The van der Waals surface area contributed by atoms with Crippen LogP contribution in [0, 0.1) is 5.92 Å². The summed E-state index contributed by atoms with van der Waals surface area (Å²) in [6, 6.07) is 3.02. The number of allylic oxidation sites excluding steroid dienone is 2. The van der Waals surface area contributed by atoms with Gasteiger partial charge in [0.2, 0.25) is 10.0 Å². The molecule has 0 aliphatic heterocycles. The molecule has 2 N–H and O–H groups in total. The zero-order chi connectivity index (χ0) is 14.6. The van der Waals surface area contributed by atoms with Gasteiger partial charge >= 0.3 is 5.97 Å².